The van der Waals surface area contributed by atoms with Crippen LogP contribution in [0.15, 0.2) is 204 Å². The van der Waals surface area contributed by atoms with Crippen molar-refractivity contribution < 1.29 is 8.83 Å². The molecule has 0 amide bonds. The third-order valence-corrected chi connectivity index (χ3v) is 11.3. The van der Waals surface area contributed by atoms with E-state index in [9.17, 15) is 0 Å². The molecule has 258 valence electrons. The van der Waals surface area contributed by atoms with E-state index in [2.05, 4.69) is 180 Å². The van der Waals surface area contributed by atoms with Gasteiger partial charge in [0, 0.05) is 11.1 Å². The van der Waals surface area contributed by atoms with Crippen molar-refractivity contribution >= 4 is 21.5 Å². The van der Waals surface area contributed by atoms with E-state index in [1.54, 1.807) is 24.9 Å². The third-order valence-electron chi connectivity index (χ3n) is 11.3. The first kappa shape index (κ1) is 31.2. The van der Waals surface area contributed by atoms with Gasteiger partial charge in [0.25, 0.3) is 0 Å². The number of hydrogen-bond donors (Lipinski definition) is 0. The third kappa shape index (κ3) is 4.71. The van der Waals surface area contributed by atoms with Crippen LogP contribution in [0.3, 0.4) is 0 Å². The Morgan fingerprint density at radius 3 is 1.18 bits per heavy atom. The largest absolute Gasteiger partial charge is 0.445 e. The zero-order valence-electron chi connectivity index (χ0n) is 29.7. The van der Waals surface area contributed by atoms with E-state index in [0.29, 0.717) is 11.8 Å². The molecule has 0 atom stereocenters. The minimum atomic E-state index is -0.648. The van der Waals surface area contributed by atoms with Gasteiger partial charge in [-0.25, -0.2) is 9.97 Å². The first-order chi connectivity index (χ1) is 27.3. The van der Waals surface area contributed by atoms with Crippen LogP contribution in [0.2, 0.25) is 0 Å². The summed E-state index contributed by atoms with van der Waals surface area (Å²) in [4.78, 5) is 8.96. The molecule has 11 rings (SSSR count). The first-order valence-corrected chi connectivity index (χ1v) is 18.5. The van der Waals surface area contributed by atoms with Gasteiger partial charge in [-0.05, 0) is 114 Å². The molecule has 0 fully saturated rings. The highest BCUT2D eigenvalue weighted by Crippen LogP contribution is 2.61. The fourth-order valence-electron chi connectivity index (χ4n) is 9.04. The van der Waals surface area contributed by atoms with Gasteiger partial charge in [0.05, 0.1) is 17.8 Å². The SMILES string of the molecule is c1ccc(C2(c3ccccc3)c3cc(-c4cccc(-c5ncco5)c4)c4ccccc4c3-c3c2cc(-c2cccc(-c4ncco4)c2)c2ccccc32)cc1. The molecule has 0 bridgehead atoms. The Morgan fingerprint density at radius 2 is 0.764 bits per heavy atom. The molecule has 2 aromatic heterocycles. The van der Waals surface area contributed by atoms with Crippen LogP contribution < -0.4 is 0 Å². The van der Waals surface area contributed by atoms with Crippen molar-refractivity contribution in [2.45, 2.75) is 5.41 Å². The summed E-state index contributed by atoms with van der Waals surface area (Å²) in [6.45, 7) is 0. The van der Waals surface area contributed by atoms with Crippen LogP contribution in [-0.2, 0) is 5.41 Å². The van der Waals surface area contributed by atoms with E-state index < -0.39 is 5.41 Å². The number of benzene rings is 8. The number of rotatable bonds is 6. The number of fused-ring (bicyclic) bond motifs is 7. The summed E-state index contributed by atoms with van der Waals surface area (Å²) in [6.07, 6.45) is 6.64. The Labute approximate surface area is 318 Å². The van der Waals surface area contributed by atoms with Crippen LogP contribution in [0.4, 0.5) is 0 Å². The lowest BCUT2D eigenvalue weighted by Crippen LogP contribution is -2.28. The molecule has 0 unspecified atom stereocenters. The van der Waals surface area contributed by atoms with Gasteiger partial charge in [0.2, 0.25) is 11.8 Å². The topological polar surface area (TPSA) is 52.1 Å². The van der Waals surface area contributed by atoms with Gasteiger partial charge < -0.3 is 8.83 Å². The number of nitrogens with zero attached hydrogens (tertiary/aromatic N) is 2. The summed E-state index contributed by atoms with van der Waals surface area (Å²) in [5.74, 6) is 1.21. The standard InChI is InChI=1S/C51H32N2O2/c1-3-17-37(18-4-1)51(38-19-5-2-6-20-38)45-31-43(33-13-11-15-35(29-33)49-52-25-27-54-49)39-21-7-9-23-41(39)47(45)48-42-24-10-8-22-40(42)44(32-46(48)51)34-14-12-16-36(30-34)50-53-26-28-55-50/h1-32H. The molecule has 4 heteroatoms. The summed E-state index contributed by atoms with van der Waals surface area (Å²) in [5, 5.41) is 4.83. The molecule has 10 aromatic rings. The molecule has 0 N–H and O–H groups in total. The predicted molar refractivity (Wildman–Crippen MR) is 221 cm³/mol. The van der Waals surface area contributed by atoms with Crippen LogP contribution in [0.1, 0.15) is 22.3 Å². The van der Waals surface area contributed by atoms with Gasteiger partial charge >= 0.3 is 0 Å². The summed E-state index contributed by atoms with van der Waals surface area (Å²) >= 11 is 0. The Hall–Kier alpha value is -7.30. The van der Waals surface area contributed by atoms with E-state index in [1.165, 1.54) is 54.9 Å². The monoisotopic (exact) mass is 704 g/mol. The van der Waals surface area contributed by atoms with Crippen LogP contribution >= 0.6 is 0 Å². The second kappa shape index (κ2) is 12.4. The zero-order valence-corrected chi connectivity index (χ0v) is 29.7. The maximum absolute atomic E-state index is 5.76. The van der Waals surface area contributed by atoms with Crippen molar-refractivity contribution in [3.05, 3.63) is 217 Å². The summed E-state index contributed by atoms with van der Waals surface area (Å²) < 4.78 is 11.5. The molecule has 0 spiro atoms. The molecule has 4 nitrogen and oxygen atoms in total. The van der Waals surface area contributed by atoms with Gasteiger partial charge in [-0.15, -0.1) is 0 Å². The van der Waals surface area contributed by atoms with Crippen molar-refractivity contribution in [2.24, 2.45) is 0 Å². The summed E-state index contributed by atoms with van der Waals surface area (Å²) in [5.41, 5.74) is 13.2. The second-order valence-corrected chi connectivity index (χ2v) is 14.1. The normalized spacial score (nSPS) is 12.9. The van der Waals surface area contributed by atoms with Crippen LogP contribution in [0.5, 0.6) is 0 Å². The van der Waals surface area contributed by atoms with Crippen molar-refractivity contribution in [1.82, 2.24) is 9.97 Å². The average molecular weight is 705 g/mol. The maximum atomic E-state index is 5.76. The molecule has 8 aromatic carbocycles. The second-order valence-electron chi connectivity index (χ2n) is 14.1. The van der Waals surface area contributed by atoms with E-state index in [4.69, 9.17) is 8.83 Å². The smallest absolute Gasteiger partial charge is 0.225 e. The zero-order chi connectivity index (χ0) is 36.3. The molecule has 0 saturated heterocycles. The lowest BCUT2D eigenvalue weighted by atomic mass is 9.66. The number of hydrogen-bond acceptors (Lipinski definition) is 4. The van der Waals surface area contributed by atoms with Crippen LogP contribution in [0.25, 0.3) is 77.8 Å². The lowest BCUT2D eigenvalue weighted by molar-refractivity contribution is 0.574. The van der Waals surface area contributed by atoms with Gasteiger partial charge in [-0.2, -0.15) is 0 Å². The van der Waals surface area contributed by atoms with Crippen LogP contribution in [-0.4, -0.2) is 9.97 Å². The average Bonchev–Trinajstić information content (AvgIpc) is 4.06. The van der Waals surface area contributed by atoms with E-state index in [-0.39, 0.29) is 0 Å². The fraction of sp³-hybridized carbons (Fsp3) is 0.0196. The summed E-state index contributed by atoms with van der Waals surface area (Å²) in [6, 6.07) is 61.9. The highest BCUT2D eigenvalue weighted by atomic mass is 16.3. The molecule has 0 aliphatic heterocycles. The quantitative estimate of drug-likeness (QED) is 0.173. The molecule has 0 radical (unpaired) electrons. The minimum Gasteiger partial charge on any atom is -0.445 e. The minimum absolute atomic E-state index is 0.605. The Kier molecular flexibility index (Phi) is 7.04. The van der Waals surface area contributed by atoms with Gasteiger partial charge in [0.1, 0.15) is 12.5 Å². The van der Waals surface area contributed by atoms with Crippen molar-refractivity contribution in [1.29, 1.82) is 0 Å². The molecule has 1 aliphatic rings. The number of aromatic nitrogens is 2. The fourth-order valence-corrected chi connectivity index (χ4v) is 9.04. The Morgan fingerprint density at radius 1 is 0.364 bits per heavy atom. The Bertz CT molecular complexity index is 2810. The van der Waals surface area contributed by atoms with E-state index in [1.807, 2.05) is 0 Å². The van der Waals surface area contributed by atoms with Crippen molar-refractivity contribution in [3.63, 3.8) is 0 Å². The highest BCUT2D eigenvalue weighted by Gasteiger charge is 2.48. The van der Waals surface area contributed by atoms with E-state index >= 15 is 0 Å². The van der Waals surface area contributed by atoms with Gasteiger partial charge in [-0.1, -0.05) is 133 Å². The lowest BCUT2D eigenvalue weighted by Gasteiger charge is -2.34. The maximum Gasteiger partial charge on any atom is 0.225 e. The molecule has 1 aliphatic carbocycles. The summed E-state index contributed by atoms with van der Waals surface area (Å²) in [7, 11) is 0. The number of oxazole rings is 2. The Balaban J connectivity index is 1.30. The molecule has 2 heterocycles. The van der Waals surface area contributed by atoms with Gasteiger partial charge in [-0.3, -0.25) is 0 Å². The predicted octanol–water partition coefficient (Wildman–Crippen LogP) is 13.0. The van der Waals surface area contributed by atoms with Crippen LogP contribution in [0, 0.1) is 0 Å². The van der Waals surface area contributed by atoms with Crippen molar-refractivity contribution in [2.75, 3.05) is 0 Å². The van der Waals surface area contributed by atoms with Gasteiger partial charge in [0.15, 0.2) is 0 Å². The van der Waals surface area contributed by atoms with Crippen molar-refractivity contribution in [3.8, 4) is 56.3 Å². The first-order valence-electron chi connectivity index (χ1n) is 18.5. The highest BCUT2D eigenvalue weighted by molar-refractivity contribution is 6.17. The molecule has 55 heavy (non-hydrogen) atoms. The van der Waals surface area contributed by atoms with E-state index in [0.717, 1.165) is 33.4 Å². The molecule has 0 saturated carbocycles. The molecular formula is C51H32N2O2. The molecular weight excluding hydrogens is 673 g/mol.